The Hall–Kier alpha value is -1.30. The highest BCUT2D eigenvalue weighted by Gasteiger charge is 2.17. The van der Waals surface area contributed by atoms with Crippen LogP contribution in [-0.4, -0.2) is 31.1 Å². The zero-order chi connectivity index (χ0) is 12.6. The van der Waals surface area contributed by atoms with Gasteiger partial charge in [-0.15, -0.1) is 0 Å². The normalized spacial score (nSPS) is 20.2. The first-order valence-electron chi connectivity index (χ1n) is 6.85. The molecule has 2 heteroatoms. The molecule has 1 atom stereocenters. The Labute approximate surface area is 110 Å². The van der Waals surface area contributed by atoms with E-state index in [4.69, 9.17) is 5.73 Å². The molecule has 2 rings (SSSR count). The van der Waals surface area contributed by atoms with E-state index in [1.807, 2.05) is 18.2 Å². The summed E-state index contributed by atoms with van der Waals surface area (Å²) in [5, 5.41) is 0. The number of nitrogens with zero attached hydrogens (tertiary/aromatic N) is 1. The summed E-state index contributed by atoms with van der Waals surface area (Å²) >= 11 is 0. The van der Waals surface area contributed by atoms with Gasteiger partial charge in [0.25, 0.3) is 0 Å². The lowest BCUT2D eigenvalue weighted by Gasteiger charge is -2.31. The largest absolute Gasteiger partial charge is 0.330 e. The molecule has 1 unspecified atom stereocenters. The monoisotopic (exact) mass is 242 g/mol. The number of hydrogen-bond donors (Lipinski definition) is 1. The van der Waals surface area contributed by atoms with E-state index in [9.17, 15) is 0 Å². The lowest BCUT2D eigenvalue weighted by atomic mass is 9.95. The highest BCUT2D eigenvalue weighted by atomic mass is 15.1. The fraction of sp³-hybridized carbons (Fsp3) is 0.500. The summed E-state index contributed by atoms with van der Waals surface area (Å²) < 4.78 is 0. The minimum absolute atomic E-state index is 0.780. The summed E-state index contributed by atoms with van der Waals surface area (Å²) in [5.74, 6) is 7.28. The van der Waals surface area contributed by atoms with Crippen molar-refractivity contribution in [2.45, 2.75) is 19.3 Å². The predicted molar refractivity (Wildman–Crippen MR) is 76.2 cm³/mol. The second-order valence-corrected chi connectivity index (χ2v) is 4.99. The van der Waals surface area contributed by atoms with E-state index in [0.717, 1.165) is 31.0 Å². The van der Waals surface area contributed by atoms with Crippen LogP contribution in [0.15, 0.2) is 30.3 Å². The molecule has 0 aromatic heterocycles. The van der Waals surface area contributed by atoms with E-state index in [1.54, 1.807) is 0 Å². The van der Waals surface area contributed by atoms with Crippen LogP contribution in [0.1, 0.15) is 24.8 Å². The minimum Gasteiger partial charge on any atom is -0.330 e. The number of benzene rings is 1. The Kier molecular flexibility index (Phi) is 5.26. The van der Waals surface area contributed by atoms with Gasteiger partial charge in [0.05, 0.1) is 6.54 Å². The van der Waals surface area contributed by atoms with Crippen LogP contribution in [0.4, 0.5) is 0 Å². The fourth-order valence-corrected chi connectivity index (χ4v) is 2.54. The summed E-state index contributed by atoms with van der Waals surface area (Å²) in [6, 6.07) is 10.2. The van der Waals surface area contributed by atoms with Gasteiger partial charge in [-0.05, 0) is 50.4 Å². The van der Waals surface area contributed by atoms with Crippen LogP contribution < -0.4 is 5.73 Å². The van der Waals surface area contributed by atoms with Gasteiger partial charge in [0.15, 0.2) is 0 Å². The van der Waals surface area contributed by atoms with Crippen LogP contribution in [0.5, 0.6) is 0 Å². The van der Waals surface area contributed by atoms with E-state index in [2.05, 4.69) is 28.9 Å². The van der Waals surface area contributed by atoms with Crippen molar-refractivity contribution in [2.75, 3.05) is 26.2 Å². The van der Waals surface area contributed by atoms with E-state index in [0.29, 0.717) is 0 Å². The summed E-state index contributed by atoms with van der Waals surface area (Å²) in [6.07, 6.45) is 3.78. The molecule has 1 saturated heterocycles. The molecule has 0 spiro atoms. The molecule has 2 nitrogen and oxygen atoms in total. The number of rotatable bonds is 3. The van der Waals surface area contributed by atoms with Gasteiger partial charge in [0.2, 0.25) is 0 Å². The predicted octanol–water partition coefficient (Wildman–Crippen LogP) is 2.10. The van der Waals surface area contributed by atoms with Gasteiger partial charge in [-0.25, -0.2) is 0 Å². The van der Waals surface area contributed by atoms with Crippen molar-refractivity contribution in [2.24, 2.45) is 11.7 Å². The quantitative estimate of drug-likeness (QED) is 0.823. The van der Waals surface area contributed by atoms with Crippen LogP contribution in [-0.2, 0) is 0 Å². The third kappa shape index (κ3) is 4.18. The third-order valence-corrected chi connectivity index (χ3v) is 3.49. The van der Waals surface area contributed by atoms with Gasteiger partial charge in [-0.1, -0.05) is 30.0 Å². The van der Waals surface area contributed by atoms with Crippen LogP contribution >= 0.6 is 0 Å². The lowest BCUT2D eigenvalue weighted by molar-refractivity contribution is 0.188. The topological polar surface area (TPSA) is 29.3 Å². The molecule has 2 N–H and O–H groups in total. The second-order valence-electron chi connectivity index (χ2n) is 4.99. The maximum atomic E-state index is 5.63. The van der Waals surface area contributed by atoms with Crippen molar-refractivity contribution in [3.63, 3.8) is 0 Å². The molecule has 1 aliphatic rings. The summed E-state index contributed by atoms with van der Waals surface area (Å²) in [7, 11) is 0. The van der Waals surface area contributed by atoms with Gasteiger partial charge in [-0.2, -0.15) is 0 Å². The molecule has 0 amide bonds. The first-order chi connectivity index (χ1) is 8.88. The van der Waals surface area contributed by atoms with Crippen molar-refractivity contribution in [3.8, 4) is 11.8 Å². The average molecular weight is 242 g/mol. The molecule has 0 saturated carbocycles. The van der Waals surface area contributed by atoms with Crippen LogP contribution in [0, 0.1) is 17.8 Å². The van der Waals surface area contributed by atoms with Crippen molar-refractivity contribution in [3.05, 3.63) is 35.9 Å². The number of piperidine rings is 1. The molecular formula is C16H22N2. The van der Waals surface area contributed by atoms with Gasteiger partial charge in [0, 0.05) is 12.1 Å². The Bertz CT molecular complexity index is 400. The minimum atomic E-state index is 0.780. The molecular weight excluding hydrogens is 220 g/mol. The van der Waals surface area contributed by atoms with Gasteiger partial charge < -0.3 is 5.73 Å². The highest BCUT2D eigenvalue weighted by Crippen LogP contribution is 2.18. The van der Waals surface area contributed by atoms with Crippen molar-refractivity contribution < 1.29 is 0 Å². The van der Waals surface area contributed by atoms with Crippen molar-refractivity contribution in [1.82, 2.24) is 4.90 Å². The molecule has 1 aromatic rings. The maximum absolute atomic E-state index is 5.63. The van der Waals surface area contributed by atoms with E-state index in [1.165, 1.54) is 25.9 Å². The number of hydrogen-bond acceptors (Lipinski definition) is 2. The maximum Gasteiger partial charge on any atom is 0.0605 e. The molecule has 0 bridgehead atoms. The molecule has 0 aliphatic carbocycles. The van der Waals surface area contributed by atoms with Crippen molar-refractivity contribution in [1.29, 1.82) is 0 Å². The molecule has 1 fully saturated rings. The van der Waals surface area contributed by atoms with E-state index < -0.39 is 0 Å². The van der Waals surface area contributed by atoms with Gasteiger partial charge in [-0.3, -0.25) is 4.90 Å². The molecule has 0 radical (unpaired) electrons. The smallest absolute Gasteiger partial charge is 0.0605 e. The zero-order valence-corrected chi connectivity index (χ0v) is 10.9. The van der Waals surface area contributed by atoms with Crippen LogP contribution in [0.3, 0.4) is 0 Å². The first kappa shape index (κ1) is 13.1. The number of likely N-dealkylation sites (tertiary alicyclic amines) is 1. The number of nitrogens with two attached hydrogens (primary N) is 1. The highest BCUT2D eigenvalue weighted by molar-refractivity contribution is 5.33. The summed E-state index contributed by atoms with van der Waals surface area (Å²) in [4.78, 5) is 2.46. The first-order valence-corrected chi connectivity index (χ1v) is 6.85. The Morgan fingerprint density at radius 2 is 2.11 bits per heavy atom. The molecule has 1 aromatic carbocycles. The van der Waals surface area contributed by atoms with Gasteiger partial charge >= 0.3 is 0 Å². The third-order valence-electron chi connectivity index (χ3n) is 3.49. The average Bonchev–Trinajstić information content (AvgIpc) is 2.41. The second kappa shape index (κ2) is 7.20. The Balaban J connectivity index is 1.81. The molecule has 96 valence electrons. The van der Waals surface area contributed by atoms with Gasteiger partial charge in [0.1, 0.15) is 0 Å². The molecule has 1 aliphatic heterocycles. The van der Waals surface area contributed by atoms with Crippen LogP contribution in [0.2, 0.25) is 0 Å². The lowest BCUT2D eigenvalue weighted by Crippen LogP contribution is -2.36. The van der Waals surface area contributed by atoms with E-state index >= 15 is 0 Å². The van der Waals surface area contributed by atoms with E-state index in [-0.39, 0.29) is 0 Å². The summed E-state index contributed by atoms with van der Waals surface area (Å²) in [6.45, 7) is 4.05. The zero-order valence-electron chi connectivity index (χ0n) is 10.9. The fourth-order valence-electron chi connectivity index (χ4n) is 2.54. The van der Waals surface area contributed by atoms with Crippen LogP contribution in [0.25, 0.3) is 0 Å². The molecule has 18 heavy (non-hydrogen) atoms. The summed E-state index contributed by atoms with van der Waals surface area (Å²) in [5.41, 5.74) is 6.74. The molecule has 1 heterocycles. The standard InChI is InChI=1S/C16H22N2/c17-11-10-16-9-5-13-18(14-16)12-4-8-15-6-2-1-3-7-15/h1-3,6-7,16H,5,9-14,17H2. The Morgan fingerprint density at radius 1 is 1.28 bits per heavy atom. The van der Waals surface area contributed by atoms with Crippen molar-refractivity contribution >= 4 is 0 Å². The Morgan fingerprint density at radius 3 is 2.89 bits per heavy atom. The SMILES string of the molecule is NCCC1CCCN(CC#Cc2ccccc2)C1.